The van der Waals surface area contributed by atoms with Crippen LogP contribution in [-0.4, -0.2) is 43.8 Å². The van der Waals surface area contributed by atoms with Crippen molar-refractivity contribution in [2.45, 2.75) is 43.2 Å². The number of hydrogen-bond acceptors (Lipinski definition) is 5. The first-order valence-electron chi connectivity index (χ1n) is 6.22. The van der Waals surface area contributed by atoms with Crippen LogP contribution in [0.15, 0.2) is 4.90 Å². The van der Waals surface area contributed by atoms with Gasteiger partial charge in [0.05, 0.1) is 11.8 Å². The van der Waals surface area contributed by atoms with Gasteiger partial charge in [-0.2, -0.15) is 5.10 Å². The minimum atomic E-state index is -4.02. The summed E-state index contributed by atoms with van der Waals surface area (Å²) >= 11 is 0. The quantitative estimate of drug-likeness (QED) is 0.781. The standard InChI is InChI=1S/C11H16ClN3O4S/c1-3-8-10(20(12,17)18)9(15-14-8)11(16)13-6-4-7(5-6)19-2/h6-7H,3-5H2,1-2H3,(H,13,16)(H,14,15). The van der Waals surface area contributed by atoms with Gasteiger partial charge in [-0.25, -0.2) is 8.42 Å². The summed E-state index contributed by atoms with van der Waals surface area (Å²) in [5.41, 5.74) is 0.145. The zero-order valence-corrected chi connectivity index (χ0v) is 12.7. The van der Waals surface area contributed by atoms with Crippen molar-refractivity contribution in [3.05, 3.63) is 11.4 Å². The average Bonchev–Trinajstić information content (AvgIpc) is 2.76. The molecule has 1 aromatic heterocycles. The lowest BCUT2D eigenvalue weighted by Gasteiger charge is -2.34. The fourth-order valence-corrected chi connectivity index (χ4v) is 3.51. The van der Waals surface area contributed by atoms with Gasteiger partial charge in [0.2, 0.25) is 0 Å². The Hall–Kier alpha value is -1.12. The van der Waals surface area contributed by atoms with Crippen molar-refractivity contribution in [2.24, 2.45) is 0 Å². The number of nitrogens with one attached hydrogen (secondary N) is 2. The Balaban J connectivity index is 2.17. The predicted molar refractivity (Wildman–Crippen MR) is 72.3 cm³/mol. The summed E-state index contributed by atoms with van der Waals surface area (Å²) in [6.45, 7) is 1.75. The Morgan fingerprint density at radius 2 is 2.20 bits per heavy atom. The van der Waals surface area contributed by atoms with Gasteiger partial charge in [-0.1, -0.05) is 6.92 Å². The number of carbonyl (C=O) groups is 1. The van der Waals surface area contributed by atoms with Crippen molar-refractivity contribution >= 4 is 25.6 Å². The molecule has 9 heteroatoms. The van der Waals surface area contributed by atoms with E-state index in [1.807, 2.05) is 0 Å². The number of nitrogens with zero attached hydrogens (tertiary/aromatic N) is 1. The molecule has 1 fully saturated rings. The molecule has 1 aliphatic rings. The van der Waals surface area contributed by atoms with Gasteiger partial charge < -0.3 is 10.1 Å². The van der Waals surface area contributed by atoms with Crippen molar-refractivity contribution in [1.29, 1.82) is 0 Å². The van der Waals surface area contributed by atoms with Crippen LogP contribution in [0.5, 0.6) is 0 Å². The molecule has 0 aliphatic heterocycles. The number of ether oxygens (including phenoxy) is 1. The maximum atomic E-state index is 12.1. The number of aryl methyl sites for hydroxylation is 1. The van der Waals surface area contributed by atoms with Crippen LogP contribution < -0.4 is 5.32 Å². The first-order chi connectivity index (χ1) is 9.36. The number of halogens is 1. The van der Waals surface area contributed by atoms with Gasteiger partial charge in [0, 0.05) is 23.8 Å². The lowest BCUT2D eigenvalue weighted by Crippen LogP contribution is -2.47. The van der Waals surface area contributed by atoms with Crippen LogP contribution in [0.3, 0.4) is 0 Å². The molecule has 0 radical (unpaired) electrons. The second-order valence-electron chi connectivity index (χ2n) is 4.67. The fraction of sp³-hybridized carbons (Fsp3) is 0.636. The maximum absolute atomic E-state index is 12.1. The van der Waals surface area contributed by atoms with E-state index in [-0.39, 0.29) is 22.7 Å². The van der Waals surface area contributed by atoms with E-state index in [1.54, 1.807) is 14.0 Å². The summed E-state index contributed by atoms with van der Waals surface area (Å²) in [4.78, 5) is 11.8. The van der Waals surface area contributed by atoms with Gasteiger partial charge in [-0.3, -0.25) is 9.89 Å². The zero-order valence-electron chi connectivity index (χ0n) is 11.1. The topological polar surface area (TPSA) is 101 Å². The SMILES string of the molecule is CCc1[nH]nc(C(=O)NC2CC(OC)C2)c1S(=O)(=O)Cl. The van der Waals surface area contributed by atoms with Gasteiger partial charge in [-0.05, 0) is 19.3 Å². The van der Waals surface area contributed by atoms with Gasteiger partial charge in [0.25, 0.3) is 15.0 Å². The molecular weight excluding hydrogens is 306 g/mol. The smallest absolute Gasteiger partial charge is 0.273 e. The first-order valence-corrected chi connectivity index (χ1v) is 8.53. The molecule has 1 aliphatic carbocycles. The highest BCUT2D eigenvalue weighted by molar-refractivity contribution is 8.13. The third kappa shape index (κ3) is 2.97. The molecular formula is C11H16ClN3O4S. The molecule has 7 nitrogen and oxygen atoms in total. The normalized spacial score (nSPS) is 22.4. The molecule has 0 aromatic carbocycles. The van der Waals surface area contributed by atoms with Crippen molar-refractivity contribution < 1.29 is 17.9 Å². The molecule has 112 valence electrons. The summed E-state index contributed by atoms with van der Waals surface area (Å²) in [6.07, 6.45) is 1.94. The number of H-pyrrole nitrogens is 1. The molecule has 1 aromatic rings. The Bertz CT molecular complexity index is 607. The summed E-state index contributed by atoms with van der Waals surface area (Å²) < 4.78 is 28.3. The summed E-state index contributed by atoms with van der Waals surface area (Å²) in [6, 6.07) is -0.0277. The third-order valence-corrected chi connectivity index (χ3v) is 4.76. The highest BCUT2D eigenvalue weighted by atomic mass is 35.7. The number of carbonyl (C=O) groups excluding carboxylic acids is 1. The lowest BCUT2D eigenvalue weighted by atomic mass is 9.89. The van der Waals surface area contributed by atoms with E-state index < -0.39 is 15.0 Å². The molecule has 1 saturated carbocycles. The van der Waals surface area contributed by atoms with Gasteiger partial charge in [0.15, 0.2) is 5.69 Å². The molecule has 0 atom stereocenters. The van der Waals surface area contributed by atoms with E-state index in [9.17, 15) is 13.2 Å². The van der Waals surface area contributed by atoms with Gasteiger partial charge in [0.1, 0.15) is 4.90 Å². The van der Waals surface area contributed by atoms with Crippen LogP contribution in [0.25, 0.3) is 0 Å². The van der Waals surface area contributed by atoms with E-state index in [1.165, 1.54) is 0 Å². The number of amides is 1. The van der Waals surface area contributed by atoms with Crippen LogP contribution in [0.4, 0.5) is 0 Å². The molecule has 0 spiro atoms. The van der Waals surface area contributed by atoms with E-state index >= 15 is 0 Å². The van der Waals surface area contributed by atoms with Crippen LogP contribution in [-0.2, 0) is 20.2 Å². The Kier molecular flexibility index (Phi) is 4.36. The van der Waals surface area contributed by atoms with E-state index in [0.717, 1.165) is 0 Å². The Labute approximate surface area is 121 Å². The monoisotopic (exact) mass is 321 g/mol. The van der Waals surface area contributed by atoms with E-state index in [4.69, 9.17) is 15.4 Å². The molecule has 2 N–H and O–H groups in total. The molecule has 0 unspecified atom stereocenters. The molecule has 2 rings (SSSR count). The number of aromatic nitrogens is 2. The van der Waals surface area contributed by atoms with Crippen molar-refractivity contribution in [3.8, 4) is 0 Å². The van der Waals surface area contributed by atoms with Crippen LogP contribution >= 0.6 is 10.7 Å². The fourth-order valence-electron chi connectivity index (χ4n) is 2.15. The average molecular weight is 322 g/mol. The van der Waals surface area contributed by atoms with Crippen molar-refractivity contribution in [1.82, 2.24) is 15.5 Å². The highest BCUT2D eigenvalue weighted by Crippen LogP contribution is 2.25. The van der Waals surface area contributed by atoms with E-state index in [0.29, 0.717) is 25.0 Å². The number of hydrogen-bond donors (Lipinski definition) is 2. The summed E-state index contributed by atoms with van der Waals surface area (Å²) in [5.74, 6) is -0.542. The van der Waals surface area contributed by atoms with Crippen LogP contribution in [0.1, 0.15) is 35.9 Å². The number of rotatable bonds is 5. The van der Waals surface area contributed by atoms with Crippen molar-refractivity contribution in [3.63, 3.8) is 0 Å². The zero-order chi connectivity index (χ0) is 14.9. The Morgan fingerprint density at radius 3 is 2.70 bits per heavy atom. The summed E-state index contributed by atoms with van der Waals surface area (Å²) in [5, 5.41) is 9.04. The molecule has 0 bridgehead atoms. The first kappa shape index (κ1) is 15.3. The van der Waals surface area contributed by atoms with Gasteiger partial charge in [-0.15, -0.1) is 0 Å². The highest BCUT2D eigenvalue weighted by Gasteiger charge is 2.33. The lowest BCUT2D eigenvalue weighted by molar-refractivity contribution is 0.0175. The third-order valence-electron chi connectivity index (χ3n) is 3.37. The molecule has 0 saturated heterocycles. The predicted octanol–water partition coefficient (Wildman–Crippen LogP) is 0.807. The largest absolute Gasteiger partial charge is 0.381 e. The molecule has 20 heavy (non-hydrogen) atoms. The van der Waals surface area contributed by atoms with Crippen LogP contribution in [0, 0.1) is 0 Å². The van der Waals surface area contributed by atoms with Crippen LogP contribution in [0.2, 0.25) is 0 Å². The minimum absolute atomic E-state index is 0.0277. The summed E-state index contributed by atoms with van der Waals surface area (Å²) in [7, 11) is 2.96. The van der Waals surface area contributed by atoms with E-state index in [2.05, 4.69) is 15.5 Å². The maximum Gasteiger partial charge on any atom is 0.273 e. The van der Waals surface area contributed by atoms with Crippen molar-refractivity contribution in [2.75, 3.05) is 7.11 Å². The second kappa shape index (κ2) is 5.71. The Morgan fingerprint density at radius 1 is 1.55 bits per heavy atom. The number of methoxy groups -OCH3 is 1. The molecule has 1 amide bonds. The van der Waals surface area contributed by atoms with Gasteiger partial charge >= 0.3 is 0 Å². The minimum Gasteiger partial charge on any atom is -0.381 e. The molecule has 1 heterocycles. The number of aromatic amines is 1. The second-order valence-corrected chi connectivity index (χ2v) is 7.17.